The lowest BCUT2D eigenvalue weighted by molar-refractivity contribution is 0.888. The van der Waals surface area contributed by atoms with Gasteiger partial charge in [0.1, 0.15) is 5.82 Å². The number of benzene rings is 3. The minimum absolute atomic E-state index is 0.254. The molecule has 28 heavy (non-hydrogen) atoms. The van der Waals surface area contributed by atoms with E-state index in [1.165, 1.54) is 0 Å². The van der Waals surface area contributed by atoms with E-state index in [0.717, 1.165) is 39.6 Å². The van der Waals surface area contributed by atoms with Crippen LogP contribution in [0.2, 0.25) is 0 Å². The number of aromatic nitrogens is 2. The summed E-state index contributed by atoms with van der Waals surface area (Å²) in [5.74, 6) is 1.58. The molecule has 0 atom stereocenters. The average molecular weight is 365 g/mol. The Morgan fingerprint density at radius 1 is 0.607 bits per heavy atom. The maximum Gasteiger partial charge on any atom is 0.162 e. The molecule has 3 heteroatoms. The molecule has 3 nitrogen and oxygen atoms in total. The topological polar surface area (TPSA) is 37.8 Å². The van der Waals surface area contributed by atoms with Crippen molar-refractivity contribution in [2.45, 2.75) is 19.9 Å². The second-order valence-electron chi connectivity index (χ2n) is 7.02. The van der Waals surface area contributed by atoms with Gasteiger partial charge in [-0.15, -0.1) is 0 Å². The first-order valence-electron chi connectivity index (χ1n) is 9.57. The number of hydrogen-bond donors (Lipinski definition) is 1. The molecular weight excluding hydrogens is 342 g/mol. The van der Waals surface area contributed by atoms with Crippen LogP contribution in [-0.2, 0) is 0 Å². The third-order valence-corrected chi connectivity index (χ3v) is 4.48. The molecule has 0 unspecified atom stereocenters. The molecule has 138 valence electrons. The summed E-state index contributed by atoms with van der Waals surface area (Å²) in [7, 11) is 0. The summed E-state index contributed by atoms with van der Waals surface area (Å²) in [4.78, 5) is 9.93. The summed E-state index contributed by atoms with van der Waals surface area (Å²) in [6, 6.07) is 31.1. The van der Waals surface area contributed by atoms with E-state index in [9.17, 15) is 0 Å². The minimum atomic E-state index is 0.254. The molecule has 0 radical (unpaired) electrons. The normalized spacial score (nSPS) is 10.8. The van der Waals surface area contributed by atoms with Crippen LogP contribution in [-0.4, -0.2) is 16.0 Å². The summed E-state index contributed by atoms with van der Waals surface area (Å²) in [5, 5.41) is 3.54. The Morgan fingerprint density at radius 3 is 1.64 bits per heavy atom. The highest BCUT2D eigenvalue weighted by Gasteiger charge is 2.19. The molecule has 0 fully saturated rings. The first kappa shape index (κ1) is 17.9. The van der Waals surface area contributed by atoms with Crippen LogP contribution in [0.25, 0.3) is 33.8 Å². The van der Waals surface area contributed by atoms with E-state index < -0.39 is 0 Å². The van der Waals surface area contributed by atoms with Crippen molar-refractivity contribution in [3.8, 4) is 33.8 Å². The monoisotopic (exact) mass is 365 g/mol. The van der Waals surface area contributed by atoms with Gasteiger partial charge in [-0.3, -0.25) is 0 Å². The van der Waals surface area contributed by atoms with Crippen molar-refractivity contribution < 1.29 is 0 Å². The predicted molar refractivity (Wildman–Crippen MR) is 117 cm³/mol. The van der Waals surface area contributed by atoms with Crippen LogP contribution in [0.1, 0.15) is 13.8 Å². The quantitative estimate of drug-likeness (QED) is 0.451. The maximum absolute atomic E-state index is 5.01. The second kappa shape index (κ2) is 8.05. The number of nitrogens with one attached hydrogen (secondary N) is 1. The SMILES string of the molecule is CC(C)Nc1nc(-c2ccccc2)nc(-c2ccccc2)c1-c1ccccc1. The molecule has 1 heterocycles. The van der Waals surface area contributed by atoms with Gasteiger partial charge in [-0.25, -0.2) is 9.97 Å². The van der Waals surface area contributed by atoms with Crippen molar-refractivity contribution in [3.63, 3.8) is 0 Å². The molecule has 4 aromatic rings. The van der Waals surface area contributed by atoms with Gasteiger partial charge in [0.15, 0.2) is 5.82 Å². The summed E-state index contributed by atoms with van der Waals surface area (Å²) < 4.78 is 0. The lowest BCUT2D eigenvalue weighted by atomic mass is 9.99. The molecule has 0 bridgehead atoms. The highest BCUT2D eigenvalue weighted by molar-refractivity contribution is 5.89. The van der Waals surface area contributed by atoms with Gasteiger partial charge in [0, 0.05) is 17.2 Å². The molecule has 0 aliphatic rings. The van der Waals surface area contributed by atoms with Gasteiger partial charge in [0.25, 0.3) is 0 Å². The van der Waals surface area contributed by atoms with Gasteiger partial charge in [-0.1, -0.05) is 91.0 Å². The van der Waals surface area contributed by atoms with Crippen LogP contribution >= 0.6 is 0 Å². The number of nitrogens with zero attached hydrogens (tertiary/aromatic N) is 2. The lowest BCUT2D eigenvalue weighted by Crippen LogP contribution is -2.14. The zero-order valence-electron chi connectivity index (χ0n) is 16.1. The second-order valence-corrected chi connectivity index (χ2v) is 7.02. The van der Waals surface area contributed by atoms with Crippen molar-refractivity contribution in [1.82, 2.24) is 9.97 Å². The van der Waals surface area contributed by atoms with Gasteiger partial charge in [0.2, 0.25) is 0 Å². The summed E-state index contributed by atoms with van der Waals surface area (Å²) in [5.41, 5.74) is 5.15. The Hall–Kier alpha value is -3.46. The highest BCUT2D eigenvalue weighted by atomic mass is 15.1. The van der Waals surface area contributed by atoms with Crippen molar-refractivity contribution in [1.29, 1.82) is 0 Å². The molecule has 0 aliphatic carbocycles. The van der Waals surface area contributed by atoms with E-state index in [-0.39, 0.29) is 6.04 Å². The van der Waals surface area contributed by atoms with Crippen LogP contribution < -0.4 is 5.32 Å². The summed E-state index contributed by atoms with van der Waals surface area (Å²) in [6.07, 6.45) is 0. The van der Waals surface area contributed by atoms with Gasteiger partial charge in [0.05, 0.1) is 11.3 Å². The van der Waals surface area contributed by atoms with Gasteiger partial charge in [-0.05, 0) is 19.4 Å². The molecule has 0 spiro atoms. The van der Waals surface area contributed by atoms with E-state index in [4.69, 9.17) is 9.97 Å². The molecule has 4 rings (SSSR count). The van der Waals surface area contributed by atoms with Crippen LogP contribution in [0.15, 0.2) is 91.0 Å². The molecular formula is C25H23N3. The van der Waals surface area contributed by atoms with Crippen molar-refractivity contribution in [3.05, 3.63) is 91.0 Å². The zero-order chi connectivity index (χ0) is 19.3. The molecule has 0 aliphatic heterocycles. The third-order valence-electron chi connectivity index (χ3n) is 4.48. The number of hydrogen-bond acceptors (Lipinski definition) is 3. The van der Waals surface area contributed by atoms with Crippen molar-refractivity contribution >= 4 is 5.82 Å². The molecule has 1 aromatic heterocycles. The minimum Gasteiger partial charge on any atom is -0.367 e. The number of rotatable bonds is 5. The first-order valence-corrected chi connectivity index (χ1v) is 9.57. The molecule has 0 saturated heterocycles. The van der Waals surface area contributed by atoms with Crippen molar-refractivity contribution in [2.24, 2.45) is 0 Å². The Kier molecular flexibility index (Phi) is 5.16. The summed E-state index contributed by atoms with van der Waals surface area (Å²) in [6.45, 7) is 4.25. The predicted octanol–water partition coefficient (Wildman–Crippen LogP) is 6.30. The first-order chi connectivity index (χ1) is 13.7. The fourth-order valence-corrected chi connectivity index (χ4v) is 3.24. The Bertz CT molecular complexity index is 1040. The van der Waals surface area contributed by atoms with Crippen molar-refractivity contribution in [2.75, 3.05) is 5.32 Å². The van der Waals surface area contributed by atoms with E-state index in [0.29, 0.717) is 0 Å². The fourth-order valence-electron chi connectivity index (χ4n) is 3.24. The molecule has 0 amide bonds. The van der Waals surface area contributed by atoms with Gasteiger partial charge >= 0.3 is 0 Å². The zero-order valence-corrected chi connectivity index (χ0v) is 16.1. The Morgan fingerprint density at radius 2 is 1.11 bits per heavy atom. The summed E-state index contributed by atoms with van der Waals surface area (Å²) >= 11 is 0. The van der Waals surface area contributed by atoms with Gasteiger partial charge < -0.3 is 5.32 Å². The Labute approximate surface area is 166 Å². The molecule has 0 saturated carbocycles. The fraction of sp³-hybridized carbons (Fsp3) is 0.120. The van der Waals surface area contributed by atoms with Crippen LogP contribution in [0, 0.1) is 0 Å². The Balaban J connectivity index is 2.02. The smallest absolute Gasteiger partial charge is 0.162 e. The standard InChI is InChI=1S/C25H23N3/c1-18(2)26-25-22(19-12-6-3-7-13-19)23(20-14-8-4-9-15-20)27-24(28-25)21-16-10-5-11-17-21/h3-18H,1-2H3,(H,26,27,28). The van der Waals surface area contributed by atoms with E-state index in [1.54, 1.807) is 0 Å². The third kappa shape index (κ3) is 3.79. The van der Waals surface area contributed by atoms with E-state index in [2.05, 4.69) is 43.4 Å². The van der Waals surface area contributed by atoms with Crippen LogP contribution in [0.4, 0.5) is 5.82 Å². The molecule has 3 aromatic carbocycles. The maximum atomic E-state index is 5.01. The van der Waals surface area contributed by atoms with E-state index in [1.807, 2.05) is 66.7 Å². The highest BCUT2D eigenvalue weighted by Crippen LogP contribution is 2.37. The van der Waals surface area contributed by atoms with Gasteiger partial charge in [-0.2, -0.15) is 0 Å². The average Bonchev–Trinajstić information content (AvgIpc) is 2.74. The lowest BCUT2D eigenvalue weighted by Gasteiger charge is -2.19. The molecule has 1 N–H and O–H groups in total. The van der Waals surface area contributed by atoms with E-state index >= 15 is 0 Å². The largest absolute Gasteiger partial charge is 0.367 e. The van der Waals surface area contributed by atoms with Crippen LogP contribution in [0.5, 0.6) is 0 Å². The van der Waals surface area contributed by atoms with Crippen LogP contribution in [0.3, 0.4) is 0 Å². The number of anilines is 1.